The van der Waals surface area contributed by atoms with Crippen molar-refractivity contribution >= 4 is 22.7 Å². The maximum absolute atomic E-state index is 14.3. The molecule has 4 rings (SSSR count). The molecule has 2 aromatic carbocycles. The molecule has 0 fully saturated rings. The Morgan fingerprint density at radius 1 is 1.20 bits per heavy atom. The molecule has 150 valence electrons. The quantitative estimate of drug-likeness (QED) is 0.393. The number of nitro groups is 1. The number of nitro benzene ring substituents is 1. The van der Waals surface area contributed by atoms with Crippen LogP contribution in [0.2, 0.25) is 0 Å². The monoisotopic (exact) mass is 406 g/mol. The SMILES string of the molecule is Cc1noc2nc(-c3ccccc3F)cc(C(=O)NCc3ccccc3[N+](=O)[O-])c12. The van der Waals surface area contributed by atoms with Crippen molar-refractivity contribution in [1.29, 1.82) is 0 Å². The molecular weight excluding hydrogens is 391 g/mol. The van der Waals surface area contributed by atoms with Crippen LogP contribution in [0.4, 0.5) is 10.1 Å². The predicted octanol–water partition coefficient (Wildman–Crippen LogP) is 4.18. The molecule has 0 bridgehead atoms. The van der Waals surface area contributed by atoms with Gasteiger partial charge in [-0.05, 0) is 25.1 Å². The van der Waals surface area contributed by atoms with Gasteiger partial charge < -0.3 is 9.84 Å². The number of aromatic nitrogens is 2. The van der Waals surface area contributed by atoms with Gasteiger partial charge in [-0.2, -0.15) is 0 Å². The number of benzene rings is 2. The molecule has 0 atom stereocenters. The molecule has 30 heavy (non-hydrogen) atoms. The minimum absolute atomic E-state index is 0.0564. The highest BCUT2D eigenvalue weighted by molar-refractivity contribution is 6.07. The number of para-hydroxylation sites is 1. The fraction of sp³-hybridized carbons (Fsp3) is 0.0952. The molecule has 1 N–H and O–H groups in total. The number of hydrogen-bond donors (Lipinski definition) is 1. The second-order valence-electron chi connectivity index (χ2n) is 6.55. The second-order valence-corrected chi connectivity index (χ2v) is 6.55. The van der Waals surface area contributed by atoms with Gasteiger partial charge in [0.1, 0.15) is 5.82 Å². The van der Waals surface area contributed by atoms with Gasteiger partial charge in [-0.15, -0.1) is 0 Å². The number of nitrogens with one attached hydrogen (secondary N) is 1. The van der Waals surface area contributed by atoms with Crippen LogP contribution in [0.1, 0.15) is 21.6 Å². The third-order valence-electron chi connectivity index (χ3n) is 4.64. The average molecular weight is 406 g/mol. The molecule has 0 aliphatic rings. The Balaban J connectivity index is 1.73. The zero-order chi connectivity index (χ0) is 21.3. The molecule has 0 saturated carbocycles. The van der Waals surface area contributed by atoms with Crippen LogP contribution in [0.25, 0.3) is 22.4 Å². The van der Waals surface area contributed by atoms with Gasteiger partial charge in [0.05, 0.1) is 27.3 Å². The first kappa shape index (κ1) is 19.2. The highest BCUT2D eigenvalue weighted by Crippen LogP contribution is 2.28. The van der Waals surface area contributed by atoms with Crippen LogP contribution < -0.4 is 5.32 Å². The summed E-state index contributed by atoms with van der Waals surface area (Å²) in [6.07, 6.45) is 0. The summed E-state index contributed by atoms with van der Waals surface area (Å²) in [5.74, 6) is -1.00. The predicted molar refractivity (Wildman–Crippen MR) is 106 cm³/mol. The Morgan fingerprint density at radius 2 is 1.93 bits per heavy atom. The van der Waals surface area contributed by atoms with E-state index in [4.69, 9.17) is 4.52 Å². The third kappa shape index (κ3) is 3.48. The lowest BCUT2D eigenvalue weighted by atomic mass is 10.0. The maximum atomic E-state index is 14.3. The molecule has 2 heterocycles. The van der Waals surface area contributed by atoms with E-state index < -0.39 is 16.6 Å². The topological polar surface area (TPSA) is 111 Å². The fourth-order valence-electron chi connectivity index (χ4n) is 3.19. The lowest BCUT2D eigenvalue weighted by Crippen LogP contribution is -2.23. The first-order valence-electron chi connectivity index (χ1n) is 8.98. The number of hydrogen-bond acceptors (Lipinski definition) is 6. The lowest BCUT2D eigenvalue weighted by molar-refractivity contribution is -0.385. The minimum atomic E-state index is -0.510. The van der Waals surface area contributed by atoms with Gasteiger partial charge in [-0.25, -0.2) is 9.37 Å². The van der Waals surface area contributed by atoms with E-state index >= 15 is 0 Å². The molecule has 1 amide bonds. The summed E-state index contributed by atoms with van der Waals surface area (Å²) in [7, 11) is 0. The van der Waals surface area contributed by atoms with Crippen molar-refractivity contribution in [3.63, 3.8) is 0 Å². The number of nitrogens with zero attached hydrogens (tertiary/aromatic N) is 3. The van der Waals surface area contributed by atoms with Crippen molar-refractivity contribution < 1.29 is 18.6 Å². The van der Waals surface area contributed by atoms with Crippen LogP contribution in [0.3, 0.4) is 0 Å². The zero-order valence-electron chi connectivity index (χ0n) is 15.8. The number of carbonyl (C=O) groups excluding carboxylic acids is 1. The summed E-state index contributed by atoms with van der Waals surface area (Å²) in [5.41, 5.74) is 1.44. The summed E-state index contributed by atoms with van der Waals surface area (Å²) in [5, 5.41) is 18.1. The molecule has 0 saturated heterocycles. The molecule has 4 aromatic rings. The standard InChI is InChI=1S/C21H15FN4O4/c1-12-19-15(20(27)23-11-13-6-2-5-9-18(13)26(28)29)10-17(24-21(19)30-25-12)14-7-3-4-8-16(14)22/h2-10H,11H2,1H3,(H,23,27). The van der Waals surface area contributed by atoms with Crippen LogP contribution in [-0.4, -0.2) is 21.0 Å². The normalized spacial score (nSPS) is 10.9. The molecule has 0 aliphatic carbocycles. The van der Waals surface area contributed by atoms with E-state index in [1.165, 1.54) is 18.2 Å². The Bertz CT molecular complexity index is 1290. The molecule has 0 unspecified atom stereocenters. The summed E-state index contributed by atoms with van der Waals surface area (Å²) in [6.45, 7) is 1.61. The van der Waals surface area contributed by atoms with Gasteiger partial charge in [0, 0.05) is 23.7 Å². The van der Waals surface area contributed by atoms with Crippen molar-refractivity contribution in [2.24, 2.45) is 0 Å². The maximum Gasteiger partial charge on any atom is 0.274 e. The van der Waals surface area contributed by atoms with Crippen molar-refractivity contribution in [2.45, 2.75) is 13.5 Å². The molecule has 0 aliphatic heterocycles. The number of halogens is 1. The first-order chi connectivity index (χ1) is 14.5. The van der Waals surface area contributed by atoms with E-state index in [0.29, 0.717) is 16.6 Å². The number of amides is 1. The Hall–Kier alpha value is -4.14. The first-order valence-corrected chi connectivity index (χ1v) is 8.98. The molecule has 8 nitrogen and oxygen atoms in total. The summed E-state index contributed by atoms with van der Waals surface area (Å²) in [6, 6.07) is 13.6. The molecular formula is C21H15FN4O4. The number of fused-ring (bicyclic) bond motifs is 1. The zero-order valence-corrected chi connectivity index (χ0v) is 15.8. The molecule has 0 spiro atoms. The van der Waals surface area contributed by atoms with Gasteiger partial charge in [0.15, 0.2) is 0 Å². The van der Waals surface area contributed by atoms with Crippen molar-refractivity contribution in [3.8, 4) is 11.3 Å². The van der Waals surface area contributed by atoms with Crippen LogP contribution >= 0.6 is 0 Å². The second kappa shape index (κ2) is 7.70. The lowest BCUT2D eigenvalue weighted by Gasteiger charge is -2.09. The van der Waals surface area contributed by atoms with Gasteiger partial charge in [-0.3, -0.25) is 14.9 Å². The van der Waals surface area contributed by atoms with Crippen molar-refractivity contribution in [3.05, 3.63) is 87.3 Å². The van der Waals surface area contributed by atoms with Gasteiger partial charge in [0.25, 0.3) is 17.3 Å². The van der Waals surface area contributed by atoms with Gasteiger partial charge in [-0.1, -0.05) is 35.5 Å². The van der Waals surface area contributed by atoms with E-state index in [-0.39, 0.29) is 34.8 Å². The number of aryl methyl sites for hydroxylation is 1. The largest absolute Gasteiger partial charge is 0.348 e. The number of pyridine rings is 1. The summed E-state index contributed by atoms with van der Waals surface area (Å²) >= 11 is 0. The van der Waals surface area contributed by atoms with Crippen molar-refractivity contribution in [2.75, 3.05) is 0 Å². The Kier molecular flexibility index (Phi) is 4.93. The van der Waals surface area contributed by atoms with E-state index in [2.05, 4.69) is 15.5 Å². The highest BCUT2D eigenvalue weighted by atomic mass is 19.1. The summed E-state index contributed by atoms with van der Waals surface area (Å²) < 4.78 is 19.5. The van der Waals surface area contributed by atoms with Crippen LogP contribution in [-0.2, 0) is 6.54 Å². The van der Waals surface area contributed by atoms with Crippen LogP contribution in [0.15, 0.2) is 59.1 Å². The fourth-order valence-corrected chi connectivity index (χ4v) is 3.19. The Morgan fingerprint density at radius 3 is 2.70 bits per heavy atom. The average Bonchev–Trinajstić information content (AvgIpc) is 3.12. The molecule has 9 heteroatoms. The van der Waals surface area contributed by atoms with E-state index in [1.54, 1.807) is 43.3 Å². The van der Waals surface area contributed by atoms with Crippen LogP contribution in [0.5, 0.6) is 0 Å². The minimum Gasteiger partial charge on any atom is -0.348 e. The number of rotatable bonds is 5. The highest BCUT2D eigenvalue weighted by Gasteiger charge is 2.21. The number of carbonyl (C=O) groups is 1. The van der Waals surface area contributed by atoms with Gasteiger partial charge >= 0.3 is 0 Å². The van der Waals surface area contributed by atoms with Crippen molar-refractivity contribution in [1.82, 2.24) is 15.5 Å². The summed E-state index contributed by atoms with van der Waals surface area (Å²) in [4.78, 5) is 27.9. The van der Waals surface area contributed by atoms with Crippen LogP contribution in [0, 0.1) is 22.9 Å². The van der Waals surface area contributed by atoms with Gasteiger partial charge in [0.2, 0.25) is 0 Å². The molecule has 2 aromatic heterocycles. The van der Waals surface area contributed by atoms with E-state index in [0.717, 1.165) is 0 Å². The molecule has 0 radical (unpaired) electrons. The third-order valence-corrected chi connectivity index (χ3v) is 4.64. The Labute approximate surface area is 169 Å². The van der Waals surface area contributed by atoms with E-state index in [9.17, 15) is 19.3 Å². The van der Waals surface area contributed by atoms with E-state index in [1.807, 2.05) is 0 Å². The smallest absolute Gasteiger partial charge is 0.274 e.